The van der Waals surface area contributed by atoms with Crippen LogP contribution in [-0.2, 0) is 0 Å². The number of oxime groups is 1. The van der Waals surface area contributed by atoms with Gasteiger partial charge in [0.2, 0.25) is 0 Å². The van der Waals surface area contributed by atoms with Gasteiger partial charge in [-0.05, 0) is 19.4 Å². The van der Waals surface area contributed by atoms with Crippen molar-refractivity contribution >= 4 is 5.71 Å². The molecular formula is C8H19N3O. The highest BCUT2D eigenvalue weighted by Crippen LogP contribution is 2.23. The van der Waals surface area contributed by atoms with E-state index in [9.17, 15) is 0 Å². The minimum atomic E-state index is -0.136. The Bertz CT molecular complexity index is 154. The highest BCUT2D eigenvalue weighted by Gasteiger charge is 2.23. The van der Waals surface area contributed by atoms with Gasteiger partial charge in [0.25, 0.3) is 0 Å². The molecule has 0 rings (SSSR count). The van der Waals surface area contributed by atoms with Gasteiger partial charge in [-0.3, -0.25) is 0 Å². The third-order valence-electron chi connectivity index (χ3n) is 2.10. The normalized spacial score (nSPS) is 13.5. The van der Waals surface area contributed by atoms with Crippen LogP contribution in [0.25, 0.3) is 0 Å². The largest absolute Gasteiger partial charge is 0.411 e. The van der Waals surface area contributed by atoms with Gasteiger partial charge >= 0.3 is 0 Å². The fraction of sp³-hybridized carbons (Fsp3) is 0.875. The van der Waals surface area contributed by atoms with Crippen molar-refractivity contribution in [3.8, 4) is 0 Å². The van der Waals surface area contributed by atoms with Crippen molar-refractivity contribution < 1.29 is 5.21 Å². The Kier molecular flexibility index (Phi) is 4.85. The number of nitrogens with zero attached hydrogens (tertiary/aromatic N) is 1. The molecule has 0 aromatic carbocycles. The summed E-state index contributed by atoms with van der Waals surface area (Å²) in [6.07, 6.45) is 1.83. The first-order valence-corrected chi connectivity index (χ1v) is 4.20. The fourth-order valence-electron chi connectivity index (χ4n) is 1.14. The van der Waals surface area contributed by atoms with Gasteiger partial charge in [-0.2, -0.15) is 0 Å². The molecule has 0 heterocycles. The zero-order valence-electron chi connectivity index (χ0n) is 7.88. The van der Waals surface area contributed by atoms with Gasteiger partial charge in [0.15, 0.2) is 0 Å². The van der Waals surface area contributed by atoms with E-state index in [2.05, 4.69) is 5.16 Å². The first-order valence-electron chi connectivity index (χ1n) is 4.20. The van der Waals surface area contributed by atoms with Crippen LogP contribution >= 0.6 is 0 Å². The third-order valence-corrected chi connectivity index (χ3v) is 2.10. The predicted octanol–water partition coefficient (Wildman–Crippen LogP) is 0.540. The minimum absolute atomic E-state index is 0.136. The summed E-state index contributed by atoms with van der Waals surface area (Å²) in [4.78, 5) is 0. The van der Waals surface area contributed by atoms with Crippen LogP contribution in [0.15, 0.2) is 5.16 Å². The summed E-state index contributed by atoms with van der Waals surface area (Å²) in [7, 11) is 0. The quantitative estimate of drug-likeness (QED) is 0.322. The highest BCUT2D eigenvalue weighted by atomic mass is 16.4. The van der Waals surface area contributed by atoms with Crippen LogP contribution in [0.5, 0.6) is 0 Å². The standard InChI is InChI=1S/C8H19N3O/c1-8(2,4-3-5-9)7(6-10)11-12/h12H,3-6,9-10H2,1-2H3. The van der Waals surface area contributed by atoms with Crippen molar-refractivity contribution in [2.24, 2.45) is 22.0 Å². The molecule has 12 heavy (non-hydrogen) atoms. The molecule has 0 aliphatic carbocycles. The molecule has 4 heteroatoms. The number of hydrogen-bond acceptors (Lipinski definition) is 4. The first-order chi connectivity index (χ1) is 5.58. The van der Waals surface area contributed by atoms with Gasteiger partial charge in [-0.1, -0.05) is 19.0 Å². The summed E-state index contributed by atoms with van der Waals surface area (Å²) in [5.41, 5.74) is 11.3. The Morgan fingerprint density at radius 1 is 1.42 bits per heavy atom. The SMILES string of the molecule is CC(C)(CCCN)C(CN)=NO. The molecule has 0 aliphatic rings. The zero-order valence-corrected chi connectivity index (χ0v) is 7.88. The van der Waals surface area contributed by atoms with Gasteiger partial charge in [-0.25, -0.2) is 0 Å². The molecule has 0 atom stereocenters. The van der Waals surface area contributed by atoms with E-state index in [4.69, 9.17) is 16.7 Å². The second-order valence-electron chi connectivity index (χ2n) is 3.53. The fourth-order valence-corrected chi connectivity index (χ4v) is 1.14. The molecule has 72 valence electrons. The van der Waals surface area contributed by atoms with Crippen molar-refractivity contribution in [1.29, 1.82) is 0 Å². The lowest BCUT2D eigenvalue weighted by atomic mass is 9.82. The van der Waals surface area contributed by atoms with Crippen molar-refractivity contribution in [3.63, 3.8) is 0 Å². The second kappa shape index (κ2) is 5.11. The molecule has 0 radical (unpaired) electrons. The van der Waals surface area contributed by atoms with E-state index >= 15 is 0 Å². The summed E-state index contributed by atoms with van der Waals surface area (Å²) >= 11 is 0. The molecular weight excluding hydrogens is 154 g/mol. The van der Waals surface area contributed by atoms with Crippen LogP contribution in [0.2, 0.25) is 0 Å². The van der Waals surface area contributed by atoms with Gasteiger partial charge in [0.1, 0.15) is 0 Å². The summed E-state index contributed by atoms with van der Waals surface area (Å²) in [6.45, 7) is 4.97. The highest BCUT2D eigenvalue weighted by molar-refractivity contribution is 5.90. The van der Waals surface area contributed by atoms with Crippen LogP contribution in [-0.4, -0.2) is 24.0 Å². The maximum absolute atomic E-state index is 8.64. The van der Waals surface area contributed by atoms with Gasteiger partial charge < -0.3 is 16.7 Å². The minimum Gasteiger partial charge on any atom is -0.411 e. The predicted molar refractivity (Wildman–Crippen MR) is 50.3 cm³/mol. The Morgan fingerprint density at radius 3 is 2.33 bits per heavy atom. The lowest BCUT2D eigenvalue weighted by Crippen LogP contribution is -2.31. The third kappa shape index (κ3) is 3.19. The zero-order chi connectivity index (χ0) is 9.61. The Labute approximate surface area is 73.6 Å². The lowest BCUT2D eigenvalue weighted by molar-refractivity contribution is 0.305. The van der Waals surface area contributed by atoms with Crippen LogP contribution in [0.1, 0.15) is 26.7 Å². The molecule has 5 N–H and O–H groups in total. The monoisotopic (exact) mass is 173 g/mol. The smallest absolute Gasteiger partial charge is 0.0762 e. The van der Waals surface area contributed by atoms with Crippen LogP contribution in [0.3, 0.4) is 0 Å². The number of rotatable bonds is 5. The molecule has 0 aliphatic heterocycles. The van der Waals surface area contributed by atoms with Crippen molar-refractivity contribution in [3.05, 3.63) is 0 Å². The molecule has 0 bridgehead atoms. The average Bonchev–Trinajstić information content (AvgIpc) is 2.03. The first kappa shape index (κ1) is 11.4. The molecule has 0 aromatic rings. The van der Waals surface area contributed by atoms with E-state index in [-0.39, 0.29) is 5.41 Å². The molecule has 0 amide bonds. The maximum atomic E-state index is 8.64. The summed E-state index contributed by atoms with van der Waals surface area (Å²) < 4.78 is 0. The van der Waals surface area contributed by atoms with E-state index in [1.54, 1.807) is 0 Å². The topological polar surface area (TPSA) is 84.6 Å². The lowest BCUT2D eigenvalue weighted by Gasteiger charge is -2.24. The van der Waals surface area contributed by atoms with Gasteiger partial charge in [0.05, 0.1) is 5.71 Å². The van der Waals surface area contributed by atoms with E-state index in [0.717, 1.165) is 12.8 Å². The van der Waals surface area contributed by atoms with Crippen molar-refractivity contribution in [1.82, 2.24) is 0 Å². The Balaban J connectivity index is 4.16. The molecule has 0 fully saturated rings. The van der Waals surface area contributed by atoms with E-state index in [0.29, 0.717) is 18.8 Å². The van der Waals surface area contributed by atoms with E-state index in [1.165, 1.54) is 0 Å². The summed E-state index contributed by atoms with van der Waals surface area (Å²) in [5, 5.41) is 11.8. The van der Waals surface area contributed by atoms with E-state index < -0.39 is 0 Å². The van der Waals surface area contributed by atoms with Crippen LogP contribution in [0.4, 0.5) is 0 Å². The van der Waals surface area contributed by atoms with Crippen molar-refractivity contribution in [2.75, 3.05) is 13.1 Å². The molecule has 0 aromatic heterocycles. The van der Waals surface area contributed by atoms with Gasteiger partial charge in [0, 0.05) is 12.0 Å². The Morgan fingerprint density at radius 2 is 2.00 bits per heavy atom. The Hall–Kier alpha value is -0.610. The summed E-state index contributed by atoms with van der Waals surface area (Å²) in [5.74, 6) is 0. The second-order valence-corrected chi connectivity index (χ2v) is 3.53. The molecule has 0 unspecified atom stereocenters. The van der Waals surface area contributed by atoms with Gasteiger partial charge in [-0.15, -0.1) is 0 Å². The van der Waals surface area contributed by atoms with E-state index in [1.807, 2.05) is 13.8 Å². The molecule has 0 saturated carbocycles. The maximum Gasteiger partial charge on any atom is 0.0762 e. The average molecular weight is 173 g/mol. The molecule has 0 saturated heterocycles. The number of nitrogens with two attached hydrogens (primary N) is 2. The van der Waals surface area contributed by atoms with Crippen LogP contribution < -0.4 is 11.5 Å². The molecule has 0 spiro atoms. The summed E-state index contributed by atoms with van der Waals surface area (Å²) in [6, 6.07) is 0. The number of hydrogen-bond donors (Lipinski definition) is 3. The molecule has 4 nitrogen and oxygen atoms in total. The van der Waals surface area contributed by atoms with Crippen LogP contribution in [0, 0.1) is 5.41 Å². The van der Waals surface area contributed by atoms with Crippen molar-refractivity contribution in [2.45, 2.75) is 26.7 Å².